The van der Waals surface area contributed by atoms with Crippen LogP contribution in [0.2, 0.25) is 0 Å². The molecule has 21 heavy (non-hydrogen) atoms. The molecule has 0 aliphatic heterocycles. The van der Waals surface area contributed by atoms with Crippen LogP contribution in [0.1, 0.15) is 48.5 Å². The zero-order valence-electron chi connectivity index (χ0n) is 13.5. The van der Waals surface area contributed by atoms with Crippen LogP contribution in [0.15, 0.2) is 18.2 Å². The van der Waals surface area contributed by atoms with Crippen molar-refractivity contribution in [2.24, 2.45) is 0 Å². The van der Waals surface area contributed by atoms with Crippen molar-refractivity contribution < 1.29 is 4.79 Å². The summed E-state index contributed by atoms with van der Waals surface area (Å²) in [5.74, 6) is 1.25. The molecule has 0 aliphatic carbocycles. The van der Waals surface area contributed by atoms with E-state index >= 15 is 0 Å². The van der Waals surface area contributed by atoms with E-state index < -0.39 is 0 Å². The van der Waals surface area contributed by atoms with Gasteiger partial charge in [-0.1, -0.05) is 13.3 Å². The summed E-state index contributed by atoms with van der Waals surface area (Å²) >= 11 is 1.88. The van der Waals surface area contributed by atoms with Gasteiger partial charge in [0.1, 0.15) is 0 Å². The quantitative estimate of drug-likeness (QED) is 0.640. The van der Waals surface area contributed by atoms with E-state index in [9.17, 15) is 4.79 Å². The largest absolute Gasteiger partial charge is 0.385 e. The number of aryl methyl sites for hydroxylation is 1. The van der Waals surface area contributed by atoms with Gasteiger partial charge in [-0.3, -0.25) is 4.79 Å². The van der Waals surface area contributed by atoms with Crippen molar-refractivity contribution >= 4 is 23.4 Å². The van der Waals surface area contributed by atoms with Crippen molar-refractivity contribution in [3.8, 4) is 0 Å². The SMILES string of the molecule is CCCNc1ccc(C(=O)NCCCCCSC)c(C)c1. The van der Waals surface area contributed by atoms with Crippen molar-refractivity contribution in [3.63, 3.8) is 0 Å². The van der Waals surface area contributed by atoms with Gasteiger partial charge in [0.05, 0.1) is 0 Å². The number of unbranched alkanes of at least 4 members (excludes halogenated alkanes) is 2. The summed E-state index contributed by atoms with van der Waals surface area (Å²) in [6, 6.07) is 5.94. The van der Waals surface area contributed by atoms with E-state index in [1.807, 2.05) is 36.9 Å². The molecule has 0 heterocycles. The lowest BCUT2D eigenvalue weighted by Gasteiger charge is -2.10. The van der Waals surface area contributed by atoms with E-state index in [2.05, 4.69) is 23.8 Å². The minimum atomic E-state index is 0.0411. The van der Waals surface area contributed by atoms with Crippen LogP contribution in [0, 0.1) is 6.92 Å². The van der Waals surface area contributed by atoms with Crippen LogP contribution in [-0.4, -0.2) is 31.0 Å². The standard InChI is InChI=1S/C17H28N2OS/c1-4-10-18-15-8-9-16(14(2)13-15)17(20)19-11-6-5-7-12-21-3/h8-9,13,18H,4-7,10-12H2,1-3H3,(H,19,20). The molecule has 4 heteroatoms. The molecular weight excluding hydrogens is 280 g/mol. The predicted molar refractivity (Wildman–Crippen MR) is 94.5 cm³/mol. The number of benzene rings is 1. The molecule has 0 saturated heterocycles. The summed E-state index contributed by atoms with van der Waals surface area (Å²) in [5, 5.41) is 6.35. The minimum absolute atomic E-state index is 0.0411. The van der Waals surface area contributed by atoms with Gasteiger partial charge in [-0.15, -0.1) is 0 Å². The highest BCUT2D eigenvalue weighted by Crippen LogP contribution is 2.15. The average Bonchev–Trinajstić information content (AvgIpc) is 2.48. The molecule has 0 fully saturated rings. The molecule has 2 N–H and O–H groups in total. The topological polar surface area (TPSA) is 41.1 Å². The monoisotopic (exact) mass is 308 g/mol. The Kier molecular flexibility index (Phi) is 8.99. The molecule has 3 nitrogen and oxygen atoms in total. The van der Waals surface area contributed by atoms with E-state index in [4.69, 9.17) is 0 Å². The van der Waals surface area contributed by atoms with E-state index in [0.717, 1.165) is 42.7 Å². The number of hydrogen-bond donors (Lipinski definition) is 2. The number of carbonyl (C=O) groups excluding carboxylic acids is 1. The van der Waals surface area contributed by atoms with Gasteiger partial charge in [-0.2, -0.15) is 11.8 Å². The Balaban J connectivity index is 2.39. The molecule has 1 aromatic carbocycles. The summed E-state index contributed by atoms with van der Waals surface area (Å²) in [5.41, 5.74) is 2.89. The third kappa shape index (κ3) is 6.89. The van der Waals surface area contributed by atoms with Crippen LogP contribution in [0.3, 0.4) is 0 Å². The highest BCUT2D eigenvalue weighted by Gasteiger charge is 2.08. The molecular formula is C17H28N2OS. The van der Waals surface area contributed by atoms with Crippen molar-refractivity contribution in [1.82, 2.24) is 5.32 Å². The second kappa shape index (κ2) is 10.6. The summed E-state index contributed by atoms with van der Waals surface area (Å²) in [6.45, 7) is 5.86. The molecule has 1 amide bonds. The van der Waals surface area contributed by atoms with Crippen molar-refractivity contribution in [3.05, 3.63) is 29.3 Å². The van der Waals surface area contributed by atoms with Crippen LogP contribution in [0.5, 0.6) is 0 Å². The number of rotatable bonds is 10. The van der Waals surface area contributed by atoms with Crippen LogP contribution in [0.25, 0.3) is 0 Å². The maximum Gasteiger partial charge on any atom is 0.251 e. The molecule has 0 radical (unpaired) electrons. The molecule has 1 rings (SSSR count). The lowest BCUT2D eigenvalue weighted by molar-refractivity contribution is 0.0952. The van der Waals surface area contributed by atoms with Gasteiger partial charge in [-0.05, 0) is 62.0 Å². The Morgan fingerprint density at radius 1 is 1.19 bits per heavy atom. The van der Waals surface area contributed by atoms with Gasteiger partial charge < -0.3 is 10.6 Å². The number of carbonyl (C=O) groups is 1. The summed E-state index contributed by atoms with van der Waals surface area (Å²) in [4.78, 5) is 12.1. The van der Waals surface area contributed by atoms with Gasteiger partial charge >= 0.3 is 0 Å². The van der Waals surface area contributed by atoms with Crippen LogP contribution in [0.4, 0.5) is 5.69 Å². The van der Waals surface area contributed by atoms with Crippen LogP contribution in [-0.2, 0) is 0 Å². The first-order valence-corrected chi connectivity index (χ1v) is 9.20. The predicted octanol–water partition coefficient (Wildman–Crippen LogP) is 4.08. The van der Waals surface area contributed by atoms with Gasteiger partial charge in [0.25, 0.3) is 5.91 Å². The third-order valence-corrected chi connectivity index (χ3v) is 4.06. The molecule has 0 bridgehead atoms. The van der Waals surface area contributed by atoms with E-state index in [-0.39, 0.29) is 5.91 Å². The molecule has 0 unspecified atom stereocenters. The van der Waals surface area contributed by atoms with E-state index in [0.29, 0.717) is 0 Å². The number of thioether (sulfide) groups is 1. The molecule has 1 aromatic rings. The normalized spacial score (nSPS) is 10.4. The lowest BCUT2D eigenvalue weighted by atomic mass is 10.1. The van der Waals surface area contributed by atoms with Crippen LogP contribution < -0.4 is 10.6 Å². The molecule has 0 aliphatic rings. The first kappa shape index (κ1) is 17.9. The molecule has 118 valence electrons. The highest BCUT2D eigenvalue weighted by atomic mass is 32.2. The molecule has 0 saturated carbocycles. The van der Waals surface area contributed by atoms with Crippen molar-refractivity contribution in [2.75, 3.05) is 30.4 Å². The molecule has 0 spiro atoms. The zero-order chi connectivity index (χ0) is 15.5. The van der Waals surface area contributed by atoms with Crippen molar-refractivity contribution in [2.45, 2.75) is 39.5 Å². The first-order valence-electron chi connectivity index (χ1n) is 7.80. The van der Waals surface area contributed by atoms with Gasteiger partial charge in [-0.25, -0.2) is 0 Å². The zero-order valence-corrected chi connectivity index (χ0v) is 14.3. The average molecular weight is 308 g/mol. The maximum atomic E-state index is 12.1. The van der Waals surface area contributed by atoms with Gasteiger partial charge in [0, 0.05) is 24.3 Å². The van der Waals surface area contributed by atoms with Crippen LogP contribution >= 0.6 is 11.8 Å². The van der Waals surface area contributed by atoms with Gasteiger partial charge in [0.2, 0.25) is 0 Å². The maximum absolute atomic E-state index is 12.1. The first-order chi connectivity index (χ1) is 10.2. The highest BCUT2D eigenvalue weighted by molar-refractivity contribution is 7.98. The van der Waals surface area contributed by atoms with E-state index in [1.54, 1.807) is 0 Å². The number of nitrogens with one attached hydrogen (secondary N) is 2. The second-order valence-corrected chi connectivity index (χ2v) is 6.25. The number of anilines is 1. The van der Waals surface area contributed by atoms with Crippen molar-refractivity contribution in [1.29, 1.82) is 0 Å². The van der Waals surface area contributed by atoms with E-state index in [1.165, 1.54) is 18.6 Å². The Hall–Kier alpha value is -1.16. The fourth-order valence-corrected chi connectivity index (χ4v) is 2.64. The molecule has 0 aromatic heterocycles. The fraction of sp³-hybridized carbons (Fsp3) is 0.588. The number of hydrogen-bond acceptors (Lipinski definition) is 3. The lowest BCUT2D eigenvalue weighted by Crippen LogP contribution is -2.25. The number of amides is 1. The summed E-state index contributed by atoms with van der Waals surface area (Å²) < 4.78 is 0. The smallest absolute Gasteiger partial charge is 0.251 e. The summed E-state index contributed by atoms with van der Waals surface area (Å²) in [7, 11) is 0. The third-order valence-electron chi connectivity index (χ3n) is 3.36. The summed E-state index contributed by atoms with van der Waals surface area (Å²) in [6.07, 6.45) is 6.69. The Bertz CT molecular complexity index is 435. The Labute approximate surface area is 133 Å². The molecule has 0 atom stereocenters. The second-order valence-electron chi connectivity index (χ2n) is 5.27. The fourth-order valence-electron chi connectivity index (χ4n) is 2.14. The Morgan fingerprint density at radius 2 is 2.00 bits per heavy atom. The minimum Gasteiger partial charge on any atom is -0.385 e. The Morgan fingerprint density at radius 3 is 2.67 bits per heavy atom. The van der Waals surface area contributed by atoms with Gasteiger partial charge in [0.15, 0.2) is 0 Å².